The standard InChI is InChI=1S/C6H11NO4S/c1-4(12(2,10)11)3-5(7)6(8)9/h5H,1,3,7H2,2H3,(H,8,9). The minimum Gasteiger partial charge on any atom is -0.480 e. The first-order valence-electron chi connectivity index (χ1n) is 3.11. The molecule has 0 aromatic carbocycles. The molecule has 0 fully saturated rings. The summed E-state index contributed by atoms with van der Waals surface area (Å²) in [5, 5.41) is 8.34. The van der Waals surface area contributed by atoms with Crippen molar-refractivity contribution in [3.63, 3.8) is 0 Å². The van der Waals surface area contributed by atoms with Gasteiger partial charge in [0.15, 0.2) is 9.84 Å². The van der Waals surface area contributed by atoms with Crippen LogP contribution in [-0.2, 0) is 14.6 Å². The summed E-state index contributed by atoms with van der Waals surface area (Å²) < 4.78 is 21.5. The van der Waals surface area contributed by atoms with E-state index in [4.69, 9.17) is 10.8 Å². The second-order valence-corrected chi connectivity index (χ2v) is 4.58. The molecule has 0 aliphatic heterocycles. The fourth-order valence-electron chi connectivity index (χ4n) is 0.484. The van der Waals surface area contributed by atoms with Crippen molar-refractivity contribution in [3.05, 3.63) is 11.5 Å². The van der Waals surface area contributed by atoms with Gasteiger partial charge in [-0.3, -0.25) is 4.79 Å². The molecule has 5 nitrogen and oxygen atoms in total. The maximum atomic E-state index is 10.7. The van der Waals surface area contributed by atoms with Crippen LogP contribution in [0, 0.1) is 0 Å². The highest BCUT2D eigenvalue weighted by atomic mass is 32.2. The molecule has 0 heterocycles. The van der Waals surface area contributed by atoms with Gasteiger partial charge >= 0.3 is 5.97 Å². The fraction of sp³-hybridized carbons (Fsp3) is 0.500. The van der Waals surface area contributed by atoms with Gasteiger partial charge < -0.3 is 10.8 Å². The van der Waals surface area contributed by atoms with Crippen molar-refractivity contribution in [3.8, 4) is 0 Å². The Bertz CT molecular complexity index is 293. The summed E-state index contributed by atoms with van der Waals surface area (Å²) in [6.45, 7) is 3.22. The molecular weight excluding hydrogens is 182 g/mol. The van der Waals surface area contributed by atoms with E-state index in [-0.39, 0.29) is 11.3 Å². The molecule has 0 spiro atoms. The van der Waals surface area contributed by atoms with Crippen LogP contribution in [0.25, 0.3) is 0 Å². The molecule has 0 saturated heterocycles. The third-order valence-electron chi connectivity index (χ3n) is 1.29. The first-order chi connectivity index (χ1) is 5.25. The molecule has 3 N–H and O–H groups in total. The Hall–Kier alpha value is -0.880. The van der Waals surface area contributed by atoms with Gasteiger partial charge in [0.05, 0.1) is 0 Å². The summed E-state index contributed by atoms with van der Waals surface area (Å²) in [5.74, 6) is -1.24. The molecule has 0 aromatic heterocycles. The second kappa shape index (κ2) is 3.68. The number of aliphatic carboxylic acids is 1. The normalized spacial score (nSPS) is 13.8. The summed E-state index contributed by atoms with van der Waals surface area (Å²) in [6.07, 6.45) is 0.720. The SMILES string of the molecule is C=C(CC(N)C(=O)O)S(C)(=O)=O. The molecule has 1 atom stereocenters. The van der Waals surface area contributed by atoms with Crippen molar-refractivity contribution in [1.82, 2.24) is 0 Å². The summed E-state index contributed by atoms with van der Waals surface area (Å²) in [5.41, 5.74) is 5.09. The number of carboxylic acids is 1. The van der Waals surface area contributed by atoms with Crippen molar-refractivity contribution >= 4 is 15.8 Å². The molecule has 0 amide bonds. The molecule has 0 saturated carbocycles. The maximum Gasteiger partial charge on any atom is 0.320 e. The van der Waals surface area contributed by atoms with Crippen LogP contribution >= 0.6 is 0 Å². The molecule has 0 rings (SSSR count). The fourth-order valence-corrected chi connectivity index (χ4v) is 0.966. The summed E-state index contributed by atoms with van der Waals surface area (Å²) >= 11 is 0. The summed E-state index contributed by atoms with van der Waals surface area (Å²) in [4.78, 5) is 10.0. The Morgan fingerprint density at radius 2 is 2.08 bits per heavy atom. The molecular formula is C6H11NO4S. The predicted octanol–water partition coefficient (Wildman–Crippen LogP) is -0.653. The van der Waals surface area contributed by atoms with Crippen molar-refractivity contribution < 1.29 is 18.3 Å². The number of hydrogen-bond donors (Lipinski definition) is 2. The molecule has 0 aliphatic carbocycles. The number of rotatable bonds is 4. The topological polar surface area (TPSA) is 97.5 Å². The van der Waals surface area contributed by atoms with Crippen LogP contribution < -0.4 is 5.73 Å². The molecule has 0 radical (unpaired) electrons. The lowest BCUT2D eigenvalue weighted by Gasteiger charge is -2.06. The third-order valence-corrected chi connectivity index (χ3v) is 2.50. The van der Waals surface area contributed by atoms with E-state index in [2.05, 4.69) is 6.58 Å². The largest absolute Gasteiger partial charge is 0.480 e. The zero-order chi connectivity index (χ0) is 9.94. The number of nitrogens with two attached hydrogens (primary N) is 1. The van der Waals surface area contributed by atoms with Crippen LogP contribution in [0.4, 0.5) is 0 Å². The van der Waals surface area contributed by atoms with Crippen LogP contribution in [-0.4, -0.2) is 31.8 Å². The first kappa shape index (κ1) is 11.1. The minimum absolute atomic E-state index is 0.155. The van der Waals surface area contributed by atoms with Crippen LogP contribution in [0.15, 0.2) is 11.5 Å². The Balaban J connectivity index is 4.31. The van der Waals surface area contributed by atoms with Crippen LogP contribution in [0.2, 0.25) is 0 Å². The van der Waals surface area contributed by atoms with Gasteiger partial charge in [0.1, 0.15) is 6.04 Å². The molecule has 12 heavy (non-hydrogen) atoms. The van der Waals surface area contributed by atoms with E-state index >= 15 is 0 Å². The number of carboxylic acid groups (broad SMARTS) is 1. The van der Waals surface area contributed by atoms with Gasteiger partial charge in [-0.15, -0.1) is 0 Å². The first-order valence-corrected chi connectivity index (χ1v) is 5.00. The van der Waals surface area contributed by atoms with E-state index in [1.165, 1.54) is 0 Å². The molecule has 0 aliphatic rings. The van der Waals surface area contributed by atoms with Gasteiger partial charge in [-0.05, 0) is 0 Å². The molecule has 6 heteroatoms. The van der Waals surface area contributed by atoms with E-state index in [9.17, 15) is 13.2 Å². The number of hydrogen-bond acceptors (Lipinski definition) is 4. The van der Waals surface area contributed by atoms with Crippen molar-refractivity contribution in [2.75, 3.05) is 6.26 Å². The zero-order valence-electron chi connectivity index (χ0n) is 6.65. The maximum absolute atomic E-state index is 10.7. The lowest BCUT2D eigenvalue weighted by molar-refractivity contribution is -0.138. The summed E-state index contributed by atoms with van der Waals surface area (Å²) in [6, 6.07) is -1.20. The molecule has 70 valence electrons. The van der Waals surface area contributed by atoms with Crippen LogP contribution in [0.5, 0.6) is 0 Å². The number of sulfone groups is 1. The highest BCUT2D eigenvalue weighted by Crippen LogP contribution is 2.08. The van der Waals surface area contributed by atoms with Gasteiger partial charge in [0.25, 0.3) is 0 Å². The van der Waals surface area contributed by atoms with E-state index in [0.717, 1.165) is 6.26 Å². The lowest BCUT2D eigenvalue weighted by Crippen LogP contribution is -2.31. The second-order valence-electron chi connectivity index (χ2n) is 2.46. The van der Waals surface area contributed by atoms with E-state index in [0.29, 0.717) is 0 Å². The molecule has 0 bridgehead atoms. The van der Waals surface area contributed by atoms with Crippen LogP contribution in [0.1, 0.15) is 6.42 Å². The Kier molecular flexibility index (Phi) is 3.41. The van der Waals surface area contributed by atoms with Crippen molar-refractivity contribution in [1.29, 1.82) is 0 Å². The quantitative estimate of drug-likeness (QED) is 0.618. The molecule has 0 aromatic rings. The molecule has 1 unspecified atom stereocenters. The van der Waals surface area contributed by atoms with Gasteiger partial charge in [-0.1, -0.05) is 6.58 Å². The third kappa shape index (κ3) is 3.49. The number of carbonyl (C=O) groups is 1. The average Bonchev–Trinajstić information content (AvgIpc) is 1.85. The van der Waals surface area contributed by atoms with Gasteiger partial charge in [0, 0.05) is 17.6 Å². The monoisotopic (exact) mass is 193 g/mol. The Morgan fingerprint density at radius 3 is 2.33 bits per heavy atom. The highest BCUT2D eigenvalue weighted by Gasteiger charge is 2.17. The smallest absolute Gasteiger partial charge is 0.320 e. The van der Waals surface area contributed by atoms with Crippen molar-refractivity contribution in [2.24, 2.45) is 5.73 Å². The minimum atomic E-state index is -3.37. The van der Waals surface area contributed by atoms with E-state index < -0.39 is 21.8 Å². The van der Waals surface area contributed by atoms with E-state index in [1.54, 1.807) is 0 Å². The van der Waals surface area contributed by atoms with Crippen LogP contribution in [0.3, 0.4) is 0 Å². The van der Waals surface area contributed by atoms with Crippen molar-refractivity contribution in [2.45, 2.75) is 12.5 Å². The lowest BCUT2D eigenvalue weighted by atomic mass is 10.2. The Labute approximate surface area is 70.8 Å². The Morgan fingerprint density at radius 1 is 1.67 bits per heavy atom. The van der Waals surface area contributed by atoms with Gasteiger partial charge in [0.2, 0.25) is 0 Å². The average molecular weight is 193 g/mol. The van der Waals surface area contributed by atoms with Gasteiger partial charge in [-0.25, -0.2) is 8.42 Å². The van der Waals surface area contributed by atoms with Gasteiger partial charge in [-0.2, -0.15) is 0 Å². The zero-order valence-corrected chi connectivity index (χ0v) is 7.47. The highest BCUT2D eigenvalue weighted by molar-refractivity contribution is 7.94. The predicted molar refractivity (Wildman–Crippen MR) is 44.2 cm³/mol. The van der Waals surface area contributed by atoms with E-state index in [1.807, 2.05) is 0 Å². The summed E-state index contributed by atoms with van der Waals surface area (Å²) in [7, 11) is -3.37.